The van der Waals surface area contributed by atoms with E-state index in [0.29, 0.717) is 38.3 Å². The smallest absolute Gasteiger partial charge is 0.224 e. The summed E-state index contributed by atoms with van der Waals surface area (Å²) in [6, 6.07) is 1.61. The number of nitrogens with two attached hydrogens (primary N) is 1. The Balaban J connectivity index is 1.87. The van der Waals surface area contributed by atoms with Gasteiger partial charge < -0.3 is 16.0 Å². The van der Waals surface area contributed by atoms with Gasteiger partial charge in [-0.2, -0.15) is 5.26 Å². The number of nitrogens with zero attached hydrogens (tertiary/aromatic N) is 2. The lowest BCUT2D eigenvalue weighted by Gasteiger charge is -2.33. The minimum atomic E-state index is -0.558. The number of nitriles is 1. The van der Waals surface area contributed by atoms with Crippen LogP contribution in [0.25, 0.3) is 0 Å². The minimum Gasteiger partial charge on any atom is -0.369 e. The summed E-state index contributed by atoms with van der Waals surface area (Å²) in [6.07, 6.45) is 5.39. The highest BCUT2D eigenvalue weighted by Crippen LogP contribution is 2.30. The van der Waals surface area contributed by atoms with E-state index in [9.17, 15) is 19.6 Å². The van der Waals surface area contributed by atoms with Crippen molar-refractivity contribution in [3.05, 3.63) is 0 Å². The fraction of sp³-hybridized carbons (Fsp3) is 0.778. The van der Waals surface area contributed by atoms with E-state index in [2.05, 4.69) is 11.4 Å². The molecule has 7 heteroatoms. The highest BCUT2D eigenvalue weighted by Gasteiger charge is 2.35. The molecule has 2 fully saturated rings. The number of primary amides is 1. The third-order valence-electron chi connectivity index (χ3n) is 5.57. The molecule has 1 unspecified atom stereocenters. The molecule has 3 amide bonds. The lowest BCUT2D eigenvalue weighted by atomic mass is 9.78. The van der Waals surface area contributed by atoms with Crippen LogP contribution in [0.15, 0.2) is 0 Å². The molecule has 1 aliphatic carbocycles. The Hall–Kier alpha value is -2.10. The lowest BCUT2D eigenvalue weighted by Crippen LogP contribution is -2.46. The van der Waals surface area contributed by atoms with Crippen LogP contribution in [0.4, 0.5) is 0 Å². The first-order valence-corrected chi connectivity index (χ1v) is 9.17. The van der Waals surface area contributed by atoms with Crippen LogP contribution in [0.1, 0.15) is 51.9 Å². The second-order valence-corrected chi connectivity index (χ2v) is 7.28. The van der Waals surface area contributed by atoms with E-state index in [1.807, 2.05) is 4.90 Å². The Morgan fingerprint density at radius 2 is 1.76 bits per heavy atom. The summed E-state index contributed by atoms with van der Waals surface area (Å²) in [5.41, 5.74) is 5.43. The van der Waals surface area contributed by atoms with Crippen molar-refractivity contribution in [2.24, 2.45) is 23.5 Å². The van der Waals surface area contributed by atoms with E-state index in [1.165, 1.54) is 0 Å². The summed E-state index contributed by atoms with van der Waals surface area (Å²) >= 11 is 0. The Morgan fingerprint density at radius 3 is 2.28 bits per heavy atom. The van der Waals surface area contributed by atoms with Crippen LogP contribution >= 0.6 is 0 Å². The molecular weight excluding hydrogens is 320 g/mol. The predicted molar refractivity (Wildman–Crippen MR) is 91.8 cm³/mol. The van der Waals surface area contributed by atoms with Crippen molar-refractivity contribution in [2.75, 3.05) is 13.1 Å². The molecular formula is C18H28N4O3. The Bertz CT molecular complexity index is 549. The topological polar surface area (TPSA) is 116 Å². The SMILES string of the molecule is CC(=O)N1CCC(CC(C#N)NC(=O)[C@@H]2CCCC[C@@H]2C(N)=O)CC1. The monoisotopic (exact) mass is 348 g/mol. The van der Waals surface area contributed by atoms with Crippen LogP contribution in [-0.4, -0.2) is 41.8 Å². The maximum absolute atomic E-state index is 12.5. The first-order chi connectivity index (χ1) is 11.9. The highest BCUT2D eigenvalue weighted by molar-refractivity contribution is 5.87. The number of hydrogen-bond donors (Lipinski definition) is 2. The molecule has 2 aliphatic rings. The summed E-state index contributed by atoms with van der Waals surface area (Å²) in [4.78, 5) is 37.3. The quantitative estimate of drug-likeness (QED) is 0.769. The number of piperidine rings is 1. The van der Waals surface area contributed by atoms with Crippen molar-refractivity contribution in [3.63, 3.8) is 0 Å². The molecule has 25 heavy (non-hydrogen) atoms. The third-order valence-corrected chi connectivity index (χ3v) is 5.57. The Kier molecular flexibility index (Phi) is 6.80. The number of amides is 3. The van der Waals surface area contributed by atoms with Crippen molar-refractivity contribution < 1.29 is 14.4 Å². The molecule has 1 heterocycles. The van der Waals surface area contributed by atoms with Crippen LogP contribution in [0.2, 0.25) is 0 Å². The number of hydrogen-bond acceptors (Lipinski definition) is 4. The van der Waals surface area contributed by atoms with Gasteiger partial charge in [-0.05, 0) is 38.0 Å². The molecule has 0 bridgehead atoms. The molecule has 0 aromatic rings. The lowest BCUT2D eigenvalue weighted by molar-refractivity contribution is -0.135. The average molecular weight is 348 g/mol. The second-order valence-electron chi connectivity index (χ2n) is 7.28. The molecule has 1 aliphatic heterocycles. The van der Waals surface area contributed by atoms with Crippen molar-refractivity contribution in [1.82, 2.24) is 10.2 Å². The molecule has 1 saturated heterocycles. The fourth-order valence-electron chi connectivity index (χ4n) is 4.02. The molecule has 138 valence electrons. The summed E-state index contributed by atoms with van der Waals surface area (Å²) in [7, 11) is 0. The van der Waals surface area contributed by atoms with Crippen molar-refractivity contribution in [1.29, 1.82) is 5.26 Å². The first-order valence-electron chi connectivity index (χ1n) is 9.17. The molecule has 0 aromatic heterocycles. The van der Waals surface area contributed by atoms with Gasteiger partial charge in [0.1, 0.15) is 6.04 Å². The predicted octanol–water partition coefficient (Wildman–Crippen LogP) is 0.935. The van der Waals surface area contributed by atoms with Crippen molar-refractivity contribution in [3.8, 4) is 6.07 Å². The maximum atomic E-state index is 12.5. The molecule has 0 aromatic carbocycles. The van der Waals surface area contributed by atoms with Gasteiger partial charge in [0, 0.05) is 31.8 Å². The number of nitrogens with one attached hydrogen (secondary N) is 1. The van der Waals surface area contributed by atoms with Gasteiger partial charge in [0.25, 0.3) is 0 Å². The van der Waals surface area contributed by atoms with E-state index < -0.39 is 23.8 Å². The molecule has 0 spiro atoms. The van der Waals surface area contributed by atoms with E-state index >= 15 is 0 Å². The molecule has 3 N–H and O–H groups in total. The number of rotatable bonds is 5. The third kappa shape index (κ3) is 5.18. The fourth-order valence-corrected chi connectivity index (χ4v) is 4.02. The highest BCUT2D eigenvalue weighted by atomic mass is 16.2. The van der Waals surface area contributed by atoms with Gasteiger partial charge in [-0.3, -0.25) is 14.4 Å². The Labute approximate surface area is 148 Å². The van der Waals surface area contributed by atoms with Crippen LogP contribution < -0.4 is 11.1 Å². The van der Waals surface area contributed by atoms with Gasteiger partial charge in [-0.25, -0.2) is 0 Å². The van der Waals surface area contributed by atoms with E-state index in [1.54, 1.807) is 6.92 Å². The molecule has 2 rings (SSSR count). The standard InChI is InChI=1S/C18H28N4O3/c1-12(23)22-8-6-13(7-9-22)10-14(11-19)21-18(25)16-5-3-2-4-15(16)17(20)24/h13-16H,2-10H2,1H3,(H2,20,24)(H,21,25)/t14?,15-,16+/m0/s1. The molecule has 0 radical (unpaired) electrons. The van der Waals surface area contributed by atoms with Crippen LogP contribution in [-0.2, 0) is 14.4 Å². The number of carbonyl (C=O) groups is 3. The normalized spacial score (nSPS) is 25.7. The van der Waals surface area contributed by atoms with Crippen LogP contribution in [0.5, 0.6) is 0 Å². The molecule has 7 nitrogen and oxygen atoms in total. The maximum Gasteiger partial charge on any atom is 0.224 e. The van der Waals surface area contributed by atoms with Gasteiger partial charge in [-0.15, -0.1) is 0 Å². The van der Waals surface area contributed by atoms with Crippen LogP contribution in [0, 0.1) is 29.1 Å². The summed E-state index contributed by atoms with van der Waals surface area (Å²) < 4.78 is 0. The zero-order valence-corrected chi connectivity index (χ0v) is 14.9. The Morgan fingerprint density at radius 1 is 1.16 bits per heavy atom. The summed E-state index contributed by atoms with van der Waals surface area (Å²) in [6.45, 7) is 2.98. The molecule has 3 atom stereocenters. The average Bonchev–Trinajstić information content (AvgIpc) is 2.61. The summed E-state index contributed by atoms with van der Waals surface area (Å²) in [5, 5.41) is 12.2. The first kappa shape index (κ1) is 19.2. The largest absolute Gasteiger partial charge is 0.369 e. The van der Waals surface area contributed by atoms with Crippen molar-refractivity contribution >= 4 is 17.7 Å². The van der Waals surface area contributed by atoms with E-state index in [0.717, 1.165) is 25.7 Å². The zero-order valence-electron chi connectivity index (χ0n) is 14.9. The van der Waals surface area contributed by atoms with Gasteiger partial charge in [0.2, 0.25) is 17.7 Å². The number of carbonyl (C=O) groups excluding carboxylic acids is 3. The molecule has 1 saturated carbocycles. The number of likely N-dealkylation sites (tertiary alicyclic amines) is 1. The summed E-state index contributed by atoms with van der Waals surface area (Å²) in [5.74, 6) is -1.09. The zero-order chi connectivity index (χ0) is 18.4. The van der Waals surface area contributed by atoms with Crippen LogP contribution in [0.3, 0.4) is 0 Å². The second kappa shape index (κ2) is 8.84. The van der Waals surface area contributed by atoms with Crippen molar-refractivity contribution in [2.45, 2.75) is 57.9 Å². The van der Waals surface area contributed by atoms with Gasteiger partial charge >= 0.3 is 0 Å². The van der Waals surface area contributed by atoms with E-state index in [4.69, 9.17) is 5.73 Å². The van der Waals surface area contributed by atoms with E-state index in [-0.39, 0.29) is 11.8 Å². The van der Waals surface area contributed by atoms with Gasteiger partial charge in [0.05, 0.1) is 6.07 Å². The van der Waals surface area contributed by atoms with Gasteiger partial charge in [0.15, 0.2) is 0 Å². The minimum absolute atomic E-state index is 0.0818. The van der Waals surface area contributed by atoms with Gasteiger partial charge in [-0.1, -0.05) is 12.8 Å².